The Bertz CT molecular complexity index is 2200. The molecule has 0 amide bonds. The number of methoxy groups -OCH3 is 2. The van der Waals surface area contributed by atoms with E-state index in [2.05, 4.69) is 86.7 Å². The molecule has 5 rings (SSSR count). The Kier molecular flexibility index (Phi) is 20.6. The van der Waals surface area contributed by atoms with Crippen LogP contribution >= 0.6 is 0 Å². The normalized spacial score (nSPS) is 11.7. The van der Waals surface area contributed by atoms with Crippen molar-refractivity contribution in [3.63, 3.8) is 0 Å². The molecule has 0 radical (unpaired) electrons. The molecule has 0 heterocycles. The highest BCUT2D eigenvalue weighted by atomic mass is 16.5. The summed E-state index contributed by atoms with van der Waals surface area (Å²) < 4.78 is 23.7. The first-order valence-corrected chi connectivity index (χ1v) is 23.0. The lowest BCUT2D eigenvalue weighted by Gasteiger charge is -2.16. The van der Waals surface area contributed by atoms with Crippen LogP contribution in [0.3, 0.4) is 0 Å². The van der Waals surface area contributed by atoms with Gasteiger partial charge in [0.1, 0.15) is 23.0 Å². The molecule has 0 bridgehead atoms. The van der Waals surface area contributed by atoms with E-state index in [9.17, 15) is 10.5 Å². The zero-order valence-corrected chi connectivity index (χ0v) is 38.3. The average Bonchev–Trinajstić information content (AvgIpc) is 3.34. The number of benzene rings is 5. The van der Waals surface area contributed by atoms with Crippen LogP contribution in [0.5, 0.6) is 23.0 Å². The molecule has 0 aromatic heterocycles. The predicted molar refractivity (Wildman–Crippen MR) is 268 cm³/mol. The maximum atomic E-state index is 9.92. The Hall–Kier alpha value is -6.76. The third-order valence-electron chi connectivity index (χ3n) is 11.1. The lowest BCUT2D eigenvalue weighted by atomic mass is 10.0. The van der Waals surface area contributed by atoms with Crippen LogP contribution in [0.15, 0.2) is 109 Å². The molecule has 6 heteroatoms. The zero-order chi connectivity index (χ0) is 45.2. The number of rotatable bonds is 26. The van der Waals surface area contributed by atoms with Gasteiger partial charge in [0, 0.05) is 11.1 Å². The summed E-state index contributed by atoms with van der Waals surface area (Å²) in [6.45, 7) is 5.77. The number of nitrogens with zero attached hydrogens (tertiary/aromatic N) is 2. The van der Waals surface area contributed by atoms with Crippen molar-refractivity contribution in [1.29, 1.82) is 10.5 Å². The Balaban J connectivity index is 1.41. The first kappa shape index (κ1) is 48.3. The number of allylic oxidation sites excluding steroid dienone is 2. The van der Waals surface area contributed by atoms with Crippen LogP contribution in [0.4, 0.5) is 0 Å². The quantitative estimate of drug-likeness (QED) is 0.0313. The second-order valence-electron chi connectivity index (χ2n) is 16.0. The first-order chi connectivity index (χ1) is 31.5. The summed E-state index contributed by atoms with van der Waals surface area (Å²) in [4.78, 5) is 0. The summed E-state index contributed by atoms with van der Waals surface area (Å²) in [5.74, 6) is 3.14. The van der Waals surface area contributed by atoms with Gasteiger partial charge in [0.05, 0.1) is 50.7 Å². The van der Waals surface area contributed by atoms with Gasteiger partial charge < -0.3 is 18.9 Å². The van der Waals surface area contributed by atoms with E-state index in [0.29, 0.717) is 24.4 Å². The first-order valence-electron chi connectivity index (χ1n) is 23.0. The van der Waals surface area contributed by atoms with E-state index in [0.717, 1.165) is 93.2 Å². The topological polar surface area (TPSA) is 84.5 Å². The maximum Gasteiger partial charge on any atom is 0.127 e. The molecule has 0 unspecified atom stereocenters. The van der Waals surface area contributed by atoms with Crippen molar-refractivity contribution in [2.45, 2.75) is 90.9 Å². The number of unbranched alkanes of at least 4 members (excludes halogenated alkanes) is 10. The molecule has 0 fully saturated rings. The molecule has 0 saturated heterocycles. The fourth-order valence-electron chi connectivity index (χ4n) is 7.24. The van der Waals surface area contributed by atoms with E-state index in [-0.39, 0.29) is 0 Å². The Morgan fingerprint density at radius 1 is 0.438 bits per heavy atom. The molecule has 5 aromatic rings. The summed E-state index contributed by atoms with van der Waals surface area (Å²) in [7, 11) is 3.27. The molecule has 0 spiro atoms. The average molecular weight is 853 g/mol. The van der Waals surface area contributed by atoms with E-state index < -0.39 is 0 Å². The standard InChI is InChI=1S/C58H64N2O4/c1-5-7-9-11-13-15-37-63-57-41-52(28-26-46-19-23-48(24-20-46)40-54(44-60)50-31-35-56(62-4)36-32-50)58(64-38-16-14-12-10-8-6-2)42-51(57)27-25-45-17-21-47(22-18-45)39-53(43-59)49-29-33-55(61-3)34-30-49/h17-36,39-42H,5-16,37-38H2,1-4H3/b27-25+,28-26+,53-39+,54-40+. The third-order valence-corrected chi connectivity index (χ3v) is 11.1. The van der Waals surface area contributed by atoms with Crippen LogP contribution < -0.4 is 18.9 Å². The summed E-state index contributed by atoms with van der Waals surface area (Å²) >= 11 is 0. The van der Waals surface area contributed by atoms with Crippen LogP contribution in [0.1, 0.15) is 135 Å². The smallest absolute Gasteiger partial charge is 0.127 e. The molecular formula is C58H64N2O4. The van der Waals surface area contributed by atoms with Crippen molar-refractivity contribution >= 4 is 47.6 Å². The number of hydrogen-bond acceptors (Lipinski definition) is 6. The maximum absolute atomic E-state index is 9.92. The molecule has 0 aliphatic heterocycles. The molecule has 0 N–H and O–H groups in total. The molecule has 6 nitrogen and oxygen atoms in total. The van der Waals surface area contributed by atoms with Crippen molar-refractivity contribution in [3.05, 3.63) is 154 Å². The van der Waals surface area contributed by atoms with E-state index in [1.807, 2.05) is 84.9 Å². The molecule has 5 aromatic carbocycles. The molecule has 0 aliphatic rings. The predicted octanol–water partition coefficient (Wildman–Crippen LogP) is 15.7. The third kappa shape index (κ3) is 15.9. The number of hydrogen-bond donors (Lipinski definition) is 0. The second-order valence-corrected chi connectivity index (χ2v) is 16.0. The van der Waals surface area contributed by atoms with E-state index in [1.165, 1.54) is 51.4 Å². The number of ether oxygens (including phenoxy) is 4. The van der Waals surface area contributed by atoms with E-state index in [4.69, 9.17) is 18.9 Å². The highest BCUT2D eigenvalue weighted by Gasteiger charge is 2.11. The van der Waals surface area contributed by atoms with Gasteiger partial charge in [-0.2, -0.15) is 10.5 Å². The van der Waals surface area contributed by atoms with Crippen molar-refractivity contribution in [3.8, 4) is 35.1 Å². The second kappa shape index (κ2) is 27.3. The lowest BCUT2D eigenvalue weighted by molar-refractivity contribution is 0.295. The van der Waals surface area contributed by atoms with Crippen LogP contribution in [0, 0.1) is 22.7 Å². The van der Waals surface area contributed by atoms with Gasteiger partial charge in [-0.05, 0) is 119 Å². The fourth-order valence-corrected chi connectivity index (χ4v) is 7.24. The van der Waals surface area contributed by atoms with Gasteiger partial charge in [0.25, 0.3) is 0 Å². The SMILES string of the molecule is CCCCCCCCOc1cc(/C=C/c2ccc(/C=C(\C#N)c3ccc(OC)cc3)cc2)c(OCCCCCCCC)cc1/C=C/c1ccc(/C=C(\C#N)c2ccc(OC)cc2)cc1. The minimum atomic E-state index is 0.588. The Morgan fingerprint density at radius 3 is 1.12 bits per heavy atom. The highest BCUT2D eigenvalue weighted by Crippen LogP contribution is 2.33. The van der Waals surface area contributed by atoms with E-state index in [1.54, 1.807) is 14.2 Å². The van der Waals surface area contributed by atoms with Gasteiger partial charge in [-0.1, -0.05) is 151 Å². The van der Waals surface area contributed by atoms with Gasteiger partial charge in [-0.15, -0.1) is 0 Å². The summed E-state index contributed by atoms with van der Waals surface area (Å²) in [5, 5.41) is 19.8. The minimum Gasteiger partial charge on any atom is -0.497 e. The van der Waals surface area contributed by atoms with Crippen LogP contribution in [-0.4, -0.2) is 27.4 Å². The van der Waals surface area contributed by atoms with Gasteiger partial charge in [0.15, 0.2) is 0 Å². The van der Waals surface area contributed by atoms with Gasteiger partial charge in [-0.3, -0.25) is 0 Å². The van der Waals surface area contributed by atoms with Crippen molar-refractivity contribution in [1.82, 2.24) is 0 Å². The summed E-state index contributed by atoms with van der Waals surface area (Å²) in [6, 6.07) is 40.4. The monoisotopic (exact) mass is 852 g/mol. The van der Waals surface area contributed by atoms with Crippen LogP contribution in [0.2, 0.25) is 0 Å². The molecular weight excluding hydrogens is 789 g/mol. The molecule has 330 valence electrons. The molecule has 0 saturated carbocycles. The van der Waals surface area contributed by atoms with Gasteiger partial charge >= 0.3 is 0 Å². The largest absolute Gasteiger partial charge is 0.497 e. The molecule has 0 aliphatic carbocycles. The van der Waals surface area contributed by atoms with Crippen molar-refractivity contribution < 1.29 is 18.9 Å². The van der Waals surface area contributed by atoms with Crippen LogP contribution in [0.25, 0.3) is 47.6 Å². The van der Waals surface area contributed by atoms with Crippen molar-refractivity contribution in [2.75, 3.05) is 27.4 Å². The zero-order valence-electron chi connectivity index (χ0n) is 38.3. The van der Waals surface area contributed by atoms with Crippen molar-refractivity contribution in [2.24, 2.45) is 0 Å². The Labute approximate surface area is 382 Å². The van der Waals surface area contributed by atoms with E-state index >= 15 is 0 Å². The minimum absolute atomic E-state index is 0.588. The number of nitriles is 2. The molecule has 64 heavy (non-hydrogen) atoms. The fraction of sp³-hybridized carbons (Fsp3) is 0.310. The van der Waals surface area contributed by atoms with Gasteiger partial charge in [0.2, 0.25) is 0 Å². The van der Waals surface area contributed by atoms with Crippen LogP contribution in [-0.2, 0) is 0 Å². The highest BCUT2D eigenvalue weighted by molar-refractivity contribution is 5.91. The molecule has 0 atom stereocenters. The lowest BCUT2D eigenvalue weighted by Crippen LogP contribution is -2.03. The summed E-state index contributed by atoms with van der Waals surface area (Å²) in [6.07, 6.45) is 26.5. The summed E-state index contributed by atoms with van der Waals surface area (Å²) in [5.41, 5.74) is 8.73. The van der Waals surface area contributed by atoms with Gasteiger partial charge in [-0.25, -0.2) is 0 Å². The Morgan fingerprint density at radius 2 is 0.781 bits per heavy atom.